The van der Waals surface area contributed by atoms with Crippen molar-refractivity contribution in [3.05, 3.63) is 65.4 Å². The fraction of sp³-hybridized carbons (Fsp3) is 0.440. The van der Waals surface area contributed by atoms with Crippen LogP contribution in [-0.2, 0) is 11.8 Å². The minimum atomic E-state index is -1.78. The third-order valence-electron chi connectivity index (χ3n) is 7.45. The summed E-state index contributed by atoms with van der Waals surface area (Å²) in [5.41, 5.74) is 3.48. The maximum Gasteiger partial charge on any atom is 0.213 e. The summed E-state index contributed by atoms with van der Waals surface area (Å²) in [6.45, 7) is 9.49. The van der Waals surface area contributed by atoms with Crippen LogP contribution in [0.25, 0.3) is 0 Å². The van der Waals surface area contributed by atoms with Crippen molar-refractivity contribution in [2.45, 2.75) is 50.7 Å². The van der Waals surface area contributed by atoms with Gasteiger partial charge in [-0.25, -0.2) is 4.98 Å². The topological polar surface area (TPSA) is 45.9 Å². The van der Waals surface area contributed by atoms with Gasteiger partial charge in [-0.15, -0.1) is 0 Å². The molecule has 2 aliphatic rings. The van der Waals surface area contributed by atoms with Crippen LogP contribution in [-0.4, -0.2) is 20.2 Å². The van der Waals surface area contributed by atoms with E-state index < -0.39 is 13.5 Å². The van der Waals surface area contributed by atoms with Crippen LogP contribution in [0.5, 0.6) is 5.88 Å². The molecule has 2 aliphatic carbocycles. The van der Waals surface area contributed by atoms with Gasteiger partial charge in [-0.3, -0.25) is 0 Å². The highest BCUT2D eigenvalue weighted by molar-refractivity contribution is 6.91. The lowest BCUT2D eigenvalue weighted by Crippen LogP contribution is -2.57. The molecule has 4 rings (SSSR count). The Hall–Kier alpha value is -2.38. The number of rotatable bonds is 3. The molecule has 1 aromatic heterocycles. The number of nitrogens with zero attached hydrogens (tertiary/aromatic N) is 2. The summed E-state index contributed by atoms with van der Waals surface area (Å²) in [6, 6.07) is 17.8. The number of hydrogen-bond donors (Lipinski definition) is 0. The highest BCUT2D eigenvalue weighted by Crippen LogP contribution is 2.60. The Kier molecular flexibility index (Phi) is 4.91. The molecule has 1 fully saturated rings. The van der Waals surface area contributed by atoms with Crippen LogP contribution in [0, 0.1) is 23.2 Å². The van der Waals surface area contributed by atoms with Crippen LogP contribution in [0.15, 0.2) is 54.1 Å². The smallest absolute Gasteiger partial charge is 0.213 e. The van der Waals surface area contributed by atoms with E-state index in [2.05, 4.69) is 75.5 Å². The van der Waals surface area contributed by atoms with Crippen molar-refractivity contribution in [1.82, 2.24) is 4.98 Å². The third kappa shape index (κ3) is 2.87. The Morgan fingerprint density at radius 3 is 2.55 bits per heavy atom. The van der Waals surface area contributed by atoms with Crippen molar-refractivity contribution in [3.8, 4) is 11.9 Å². The highest BCUT2D eigenvalue weighted by Gasteiger charge is 2.57. The Morgan fingerprint density at radius 1 is 1.21 bits per heavy atom. The number of pyridine rings is 1. The first-order valence-electron chi connectivity index (χ1n) is 10.6. The van der Waals surface area contributed by atoms with E-state index >= 15 is 0 Å². The number of methoxy groups -OCH3 is 1. The SMILES string of the molecule is CC=C1[C@@H]2Cc3nc(OC)ccc3[C@@]1(C#N)C[C@@H](C)[C@@H]2[Si](C)(C)c1ccccc1. The average Bonchev–Trinajstić information content (AvgIpc) is 2.73. The normalized spacial score (nSPS) is 29.8. The minimum Gasteiger partial charge on any atom is -0.481 e. The fourth-order valence-corrected chi connectivity index (χ4v) is 10.7. The molecule has 0 aliphatic heterocycles. The molecule has 4 heteroatoms. The molecule has 3 nitrogen and oxygen atoms in total. The van der Waals surface area contributed by atoms with Crippen LogP contribution in [0.4, 0.5) is 0 Å². The van der Waals surface area contributed by atoms with Gasteiger partial charge in [0.25, 0.3) is 0 Å². The van der Waals surface area contributed by atoms with E-state index in [-0.39, 0.29) is 0 Å². The summed E-state index contributed by atoms with van der Waals surface area (Å²) in [5.74, 6) is 1.49. The molecule has 2 aromatic rings. The molecule has 29 heavy (non-hydrogen) atoms. The summed E-state index contributed by atoms with van der Waals surface area (Å²) < 4.78 is 5.41. The zero-order valence-electron chi connectivity index (χ0n) is 18.1. The molecule has 1 aromatic carbocycles. The number of benzene rings is 1. The summed E-state index contributed by atoms with van der Waals surface area (Å²) in [5, 5.41) is 12.0. The van der Waals surface area contributed by atoms with Gasteiger partial charge in [-0.1, -0.05) is 61.6 Å². The number of aromatic nitrogens is 1. The second-order valence-electron chi connectivity index (χ2n) is 9.21. The molecule has 4 atom stereocenters. The molecule has 2 bridgehead atoms. The number of allylic oxidation sites excluding steroid dienone is 2. The van der Waals surface area contributed by atoms with Gasteiger partial charge < -0.3 is 4.74 Å². The van der Waals surface area contributed by atoms with E-state index in [1.165, 1.54) is 10.8 Å². The first kappa shape index (κ1) is 19.9. The predicted molar refractivity (Wildman–Crippen MR) is 120 cm³/mol. The summed E-state index contributed by atoms with van der Waals surface area (Å²) in [7, 11) is -0.119. The molecular weight excluding hydrogens is 372 g/mol. The largest absolute Gasteiger partial charge is 0.481 e. The molecule has 150 valence electrons. The standard InChI is InChI=1S/C25H30N2OSi/c1-6-20-19-14-22-21(12-13-23(27-22)28-3)25(20,16-26)15-17(2)24(19)29(4,5)18-10-8-7-9-11-18/h6-13,17,19,24H,14-15H2,1-5H3/t17-,19+,24+,25-/m1/s1. The molecular formula is C25H30N2OSi. The zero-order chi connectivity index (χ0) is 20.8. The van der Waals surface area contributed by atoms with Gasteiger partial charge in [0.1, 0.15) is 5.41 Å². The molecule has 0 saturated heterocycles. The first-order chi connectivity index (χ1) is 13.9. The van der Waals surface area contributed by atoms with E-state index in [1.807, 2.05) is 6.07 Å². The van der Waals surface area contributed by atoms with E-state index in [4.69, 9.17) is 9.72 Å². The van der Waals surface area contributed by atoms with Gasteiger partial charge >= 0.3 is 0 Å². The Labute approximate surface area is 175 Å². The molecule has 1 saturated carbocycles. The van der Waals surface area contributed by atoms with Crippen molar-refractivity contribution in [2.24, 2.45) is 11.8 Å². The van der Waals surface area contributed by atoms with Crippen molar-refractivity contribution < 1.29 is 4.74 Å². The maximum atomic E-state index is 10.5. The number of ether oxygens (including phenoxy) is 1. The Morgan fingerprint density at radius 2 is 1.93 bits per heavy atom. The second-order valence-corrected chi connectivity index (χ2v) is 13.9. The van der Waals surface area contributed by atoms with E-state index in [0.29, 0.717) is 23.3 Å². The van der Waals surface area contributed by atoms with Crippen LogP contribution >= 0.6 is 0 Å². The van der Waals surface area contributed by atoms with Gasteiger partial charge in [0.2, 0.25) is 5.88 Å². The molecule has 0 unspecified atom stereocenters. The summed E-state index contributed by atoms with van der Waals surface area (Å²) in [4.78, 5) is 4.81. The lowest BCUT2D eigenvalue weighted by molar-refractivity contribution is 0.260. The van der Waals surface area contributed by atoms with Crippen molar-refractivity contribution in [2.75, 3.05) is 7.11 Å². The molecule has 0 radical (unpaired) electrons. The van der Waals surface area contributed by atoms with Gasteiger partial charge in [0.05, 0.1) is 26.9 Å². The quantitative estimate of drug-likeness (QED) is 0.536. The van der Waals surface area contributed by atoms with E-state index in [9.17, 15) is 5.26 Å². The van der Waals surface area contributed by atoms with Crippen molar-refractivity contribution >= 4 is 13.3 Å². The fourth-order valence-electron chi connectivity index (χ4n) is 6.39. The van der Waals surface area contributed by atoms with Crippen LogP contribution < -0.4 is 9.92 Å². The molecule has 0 N–H and O–H groups in total. The predicted octanol–water partition coefficient (Wildman–Crippen LogP) is 5.00. The zero-order valence-corrected chi connectivity index (χ0v) is 19.1. The molecule has 0 spiro atoms. The Balaban J connectivity index is 1.90. The Bertz CT molecular complexity index is 992. The lowest BCUT2D eigenvalue weighted by atomic mass is 9.55. The number of hydrogen-bond acceptors (Lipinski definition) is 3. The highest BCUT2D eigenvalue weighted by atomic mass is 28.3. The maximum absolute atomic E-state index is 10.5. The summed E-state index contributed by atoms with van der Waals surface area (Å²) in [6.07, 6.45) is 4.00. The first-order valence-corrected chi connectivity index (χ1v) is 13.6. The van der Waals surface area contributed by atoms with E-state index in [1.54, 1.807) is 7.11 Å². The van der Waals surface area contributed by atoms with Gasteiger partial charge in [0.15, 0.2) is 0 Å². The second kappa shape index (κ2) is 7.14. The van der Waals surface area contributed by atoms with Gasteiger partial charge in [0, 0.05) is 6.07 Å². The van der Waals surface area contributed by atoms with Crippen molar-refractivity contribution in [3.63, 3.8) is 0 Å². The van der Waals surface area contributed by atoms with E-state index in [0.717, 1.165) is 24.1 Å². The van der Waals surface area contributed by atoms with Crippen LogP contribution in [0.1, 0.15) is 31.5 Å². The number of fused-ring (bicyclic) bond motifs is 4. The van der Waals surface area contributed by atoms with Crippen LogP contribution in [0.2, 0.25) is 18.6 Å². The lowest BCUT2D eigenvalue weighted by Gasteiger charge is -2.55. The third-order valence-corrected chi connectivity index (χ3v) is 11.9. The number of nitriles is 1. The summed E-state index contributed by atoms with van der Waals surface area (Å²) >= 11 is 0. The minimum absolute atomic E-state index is 0.359. The van der Waals surface area contributed by atoms with Gasteiger partial charge in [-0.2, -0.15) is 5.26 Å². The molecule has 1 heterocycles. The van der Waals surface area contributed by atoms with Crippen molar-refractivity contribution in [1.29, 1.82) is 5.26 Å². The molecule has 0 amide bonds. The van der Waals surface area contributed by atoms with Crippen LogP contribution in [0.3, 0.4) is 0 Å². The average molecular weight is 403 g/mol. The monoisotopic (exact) mass is 402 g/mol. The van der Waals surface area contributed by atoms with Gasteiger partial charge in [-0.05, 0) is 54.3 Å².